The summed E-state index contributed by atoms with van der Waals surface area (Å²) in [6.45, 7) is 9.92. The first-order chi connectivity index (χ1) is 9.97. The molecule has 1 N–H and O–H groups in total. The van der Waals surface area contributed by atoms with Gasteiger partial charge in [0.25, 0.3) is 0 Å². The molecule has 0 amide bonds. The van der Waals surface area contributed by atoms with E-state index in [2.05, 4.69) is 62.0 Å². The summed E-state index contributed by atoms with van der Waals surface area (Å²) in [7, 11) is 0. The summed E-state index contributed by atoms with van der Waals surface area (Å²) >= 11 is 0. The van der Waals surface area contributed by atoms with E-state index in [9.17, 15) is 0 Å². The highest BCUT2D eigenvalue weighted by Gasteiger charge is 2.27. The van der Waals surface area contributed by atoms with Crippen molar-refractivity contribution in [1.82, 2.24) is 9.78 Å². The van der Waals surface area contributed by atoms with Crippen molar-refractivity contribution in [2.24, 2.45) is 0 Å². The van der Waals surface area contributed by atoms with Gasteiger partial charge in [0.05, 0.1) is 11.4 Å². The lowest BCUT2D eigenvalue weighted by molar-refractivity contribution is 0.552. The normalized spacial score (nSPS) is 15.2. The van der Waals surface area contributed by atoms with Gasteiger partial charge in [-0.15, -0.1) is 0 Å². The van der Waals surface area contributed by atoms with Crippen LogP contribution in [-0.2, 0) is 11.8 Å². The minimum absolute atomic E-state index is 0.0746. The fourth-order valence-corrected chi connectivity index (χ4v) is 3.05. The molecule has 21 heavy (non-hydrogen) atoms. The lowest BCUT2D eigenvalue weighted by Crippen LogP contribution is -2.15. The van der Waals surface area contributed by atoms with Crippen LogP contribution in [0.25, 0.3) is 5.69 Å². The maximum absolute atomic E-state index is 4.97. The van der Waals surface area contributed by atoms with Gasteiger partial charge in [0.15, 0.2) is 0 Å². The van der Waals surface area contributed by atoms with Crippen molar-refractivity contribution in [3.63, 3.8) is 0 Å². The molecular weight excluding hydrogens is 258 g/mol. The Balaban J connectivity index is 2.19. The Labute approximate surface area is 127 Å². The first kappa shape index (κ1) is 14.2. The number of anilines is 1. The van der Waals surface area contributed by atoms with E-state index in [0.717, 1.165) is 18.7 Å². The molecule has 1 aromatic carbocycles. The summed E-state index contributed by atoms with van der Waals surface area (Å²) in [5.41, 5.74) is 5.12. The number of aromatic nitrogens is 2. The molecule has 112 valence electrons. The molecule has 3 nitrogen and oxygen atoms in total. The summed E-state index contributed by atoms with van der Waals surface area (Å²) < 4.78 is 2.11. The molecule has 0 fully saturated rings. The van der Waals surface area contributed by atoms with Gasteiger partial charge in [-0.05, 0) is 43.9 Å². The first-order valence-electron chi connectivity index (χ1n) is 7.90. The van der Waals surface area contributed by atoms with Crippen LogP contribution < -0.4 is 5.32 Å². The Kier molecular flexibility index (Phi) is 3.52. The molecule has 2 heterocycles. The Morgan fingerprint density at radius 1 is 1.19 bits per heavy atom. The van der Waals surface area contributed by atoms with Crippen LogP contribution in [0.15, 0.2) is 24.3 Å². The Morgan fingerprint density at radius 2 is 2.00 bits per heavy atom. The standard InChI is InChI=1S/C18H25N3/c1-13-8-7-9-14(12-13)21-17-15(10-5-6-11-19-17)16(20-21)18(2,3)4/h7-9,12,19H,5-6,10-11H2,1-4H3. The topological polar surface area (TPSA) is 29.9 Å². The van der Waals surface area contributed by atoms with Crippen LogP contribution in [0.4, 0.5) is 5.82 Å². The van der Waals surface area contributed by atoms with E-state index in [4.69, 9.17) is 5.10 Å². The van der Waals surface area contributed by atoms with Gasteiger partial charge in [-0.1, -0.05) is 32.9 Å². The number of fused-ring (bicyclic) bond motifs is 1. The third kappa shape index (κ3) is 2.69. The highest BCUT2D eigenvalue weighted by Crippen LogP contribution is 2.34. The number of rotatable bonds is 1. The number of nitrogens with zero attached hydrogens (tertiary/aromatic N) is 2. The third-order valence-electron chi connectivity index (χ3n) is 4.09. The van der Waals surface area contributed by atoms with Gasteiger partial charge >= 0.3 is 0 Å². The maximum atomic E-state index is 4.97. The van der Waals surface area contributed by atoms with Crippen LogP contribution >= 0.6 is 0 Å². The molecule has 1 aromatic heterocycles. The molecule has 0 unspecified atom stereocenters. The highest BCUT2D eigenvalue weighted by molar-refractivity contribution is 5.55. The molecule has 0 radical (unpaired) electrons. The van der Waals surface area contributed by atoms with Crippen LogP contribution in [0.3, 0.4) is 0 Å². The Morgan fingerprint density at radius 3 is 2.71 bits per heavy atom. The third-order valence-corrected chi connectivity index (χ3v) is 4.09. The molecule has 3 heteroatoms. The average molecular weight is 283 g/mol. The quantitative estimate of drug-likeness (QED) is 0.849. The van der Waals surface area contributed by atoms with Gasteiger partial charge < -0.3 is 5.32 Å². The number of benzene rings is 1. The van der Waals surface area contributed by atoms with E-state index in [1.54, 1.807) is 0 Å². The van der Waals surface area contributed by atoms with Crippen LogP contribution in [-0.4, -0.2) is 16.3 Å². The van der Waals surface area contributed by atoms with E-state index in [-0.39, 0.29) is 5.41 Å². The second-order valence-corrected chi connectivity index (χ2v) is 7.06. The lowest BCUT2D eigenvalue weighted by atomic mass is 9.88. The van der Waals surface area contributed by atoms with Crippen molar-refractivity contribution in [3.8, 4) is 5.69 Å². The van der Waals surface area contributed by atoms with Crippen molar-refractivity contribution in [1.29, 1.82) is 0 Å². The van der Waals surface area contributed by atoms with Crippen LogP contribution in [0.2, 0.25) is 0 Å². The predicted octanol–water partition coefficient (Wildman–Crippen LogP) is 4.23. The second kappa shape index (κ2) is 5.21. The second-order valence-electron chi connectivity index (χ2n) is 7.06. The van der Waals surface area contributed by atoms with E-state index >= 15 is 0 Å². The molecule has 3 rings (SSSR count). The minimum atomic E-state index is 0.0746. The van der Waals surface area contributed by atoms with Gasteiger partial charge in [0, 0.05) is 17.5 Å². The molecule has 0 atom stereocenters. The monoisotopic (exact) mass is 283 g/mol. The number of nitrogens with one attached hydrogen (secondary N) is 1. The largest absolute Gasteiger partial charge is 0.370 e. The molecule has 1 aliphatic rings. The van der Waals surface area contributed by atoms with E-state index in [1.165, 1.54) is 35.5 Å². The van der Waals surface area contributed by atoms with Crippen molar-refractivity contribution < 1.29 is 0 Å². The number of aryl methyl sites for hydroxylation is 1. The predicted molar refractivity (Wildman–Crippen MR) is 88.4 cm³/mol. The van der Waals surface area contributed by atoms with Gasteiger partial charge in [0.2, 0.25) is 0 Å². The first-order valence-corrected chi connectivity index (χ1v) is 7.90. The van der Waals surface area contributed by atoms with Crippen molar-refractivity contribution in [2.75, 3.05) is 11.9 Å². The number of hydrogen-bond acceptors (Lipinski definition) is 2. The summed E-state index contributed by atoms with van der Waals surface area (Å²) in [5, 5.41) is 8.57. The number of hydrogen-bond donors (Lipinski definition) is 1. The summed E-state index contributed by atoms with van der Waals surface area (Å²) in [6.07, 6.45) is 3.59. The van der Waals surface area contributed by atoms with Crippen molar-refractivity contribution in [3.05, 3.63) is 41.1 Å². The van der Waals surface area contributed by atoms with Crippen LogP contribution in [0, 0.1) is 6.92 Å². The van der Waals surface area contributed by atoms with Crippen molar-refractivity contribution in [2.45, 2.75) is 52.4 Å². The molecule has 0 saturated heterocycles. The lowest BCUT2D eigenvalue weighted by Gasteiger charge is -2.17. The molecule has 0 bridgehead atoms. The molecular formula is C18H25N3. The molecule has 0 spiro atoms. The molecule has 2 aromatic rings. The van der Waals surface area contributed by atoms with Gasteiger partial charge in [-0.3, -0.25) is 0 Å². The van der Waals surface area contributed by atoms with Gasteiger partial charge in [-0.2, -0.15) is 5.10 Å². The van der Waals surface area contributed by atoms with Gasteiger partial charge in [-0.25, -0.2) is 4.68 Å². The zero-order valence-corrected chi connectivity index (χ0v) is 13.5. The van der Waals surface area contributed by atoms with Gasteiger partial charge in [0.1, 0.15) is 5.82 Å². The summed E-state index contributed by atoms with van der Waals surface area (Å²) in [6, 6.07) is 8.57. The smallest absolute Gasteiger partial charge is 0.133 e. The zero-order chi connectivity index (χ0) is 15.0. The summed E-state index contributed by atoms with van der Waals surface area (Å²) in [5.74, 6) is 1.20. The Bertz CT molecular complexity index is 647. The Hall–Kier alpha value is -1.77. The molecule has 1 aliphatic heterocycles. The average Bonchev–Trinajstić information content (AvgIpc) is 2.62. The minimum Gasteiger partial charge on any atom is -0.370 e. The fourth-order valence-electron chi connectivity index (χ4n) is 3.05. The molecule has 0 saturated carbocycles. The van der Waals surface area contributed by atoms with E-state index in [0.29, 0.717) is 0 Å². The maximum Gasteiger partial charge on any atom is 0.133 e. The van der Waals surface area contributed by atoms with E-state index < -0.39 is 0 Å². The van der Waals surface area contributed by atoms with Crippen LogP contribution in [0.1, 0.15) is 50.4 Å². The van der Waals surface area contributed by atoms with Crippen molar-refractivity contribution >= 4 is 5.82 Å². The summed E-state index contributed by atoms with van der Waals surface area (Å²) in [4.78, 5) is 0. The highest BCUT2D eigenvalue weighted by atomic mass is 15.3. The molecule has 0 aliphatic carbocycles. The zero-order valence-electron chi connectivity index (χ0n) is 13.5. The van der Waals surface area contributed by atoms with E-state index in [1.807, 2.05) is 0 Å². The fraction of sp³-hybridized carbons (Fsp3) is 0.500. The van der Waals surface area contributed by atoms with Crippen LogP contribution in [0.5, 0.6) is 0 Å². The SMILES string of the molecule is Cc1cccc(-n2nc(C(C)(C)C)c3c2NCCCC3)c1.